The standard InChI is InChI=1S/C27H32N6/c1-6-8-19(3)12-22(9-7-2)26-23(14-28)13-21(16-32-26)17-33-27-20(4)25(10-11-31-27)24(15-29)18-30-5/h7-13,15-16,18H,6,17,29H2,1-5H3,(H,31,33)/b9-7-,19-8+,22-12+,24-15?,30-18?. The molecule has 2 rings (SSSR count). The number of allylic oxidation sites excluding steroid dienone is 7. The summed E-state index contributed by atoms with van der Waals surface area (Å²) in [6.45, 7) is 8.58. The lowest BCUT2D eigenvalue weighted by Gasteiger charge is -2.13. The molecule has 0 saturated carbocycles. The van der Waals surface area contributed by atoms with Crippen molar-refractivity contribution in [2.45, 2.75) is 40.7 Å². The van der Waals surface area contributed by atoms with Gasteiger partial charge in [0.15, 0.2) is 0 Å². The fraction of sp³-hybridized carbons (Fsp3) is 0.259. The summed E-state index contributed by atoms with van der Waals surface area (Å²) >= 11 is 0. The van der Waals surface area contributed by atoms with Crippen molar-refractivity contribution in [3.05, 3.63) is 88.6 Å². The maximum Gasteiger partial charge on any atom is 0.129 e. The molecule has 6 nitrogen and oxygen atoms in total. The monoisotopic (exact) mass is 440 g/mol. The summed E-state index contributed by atoms with van der Waals surface area (Å²) < 4.78 is 0. The number of aliphatic imine (C=N–C) groups is 1. The Labute approximate surface area is 197 Å². The van der Waals surface area contributed by atoms with Crippen LogP contribution in [0.4, 0.5) is 5.82 Å². The van der Waals surface area contributed by atoms with Gasteiger partial charge in [-0.2, -0.15) is 5.26 Å². The van der Waals surface area contributed by atoms with Gasteiger partial charge in [-0.05, 0) is 56.0 Å². The first kappa shape index (κ1) is 25.3. The molecule has 2 heterocycles. The van der Waals surface area contributed by atoms with Crippen LogP contribution >= 0.6 is 0 Å². The van der Waals surface area contributed by atoms with E-state index in [0.29, 0.717) is 17.8 Å². The normalized spacial score (nSPS) is 13.0. The van der Waals surface area contributed by atoms with Crippen molar-refractivity contribution in [2.75, 3.05) is 12.4 Å². The number of nitrogens with two attached hydrogens (primary N) is 1. The van der Waals surface area contributed by atoms with Crippen LogP contribution < -0.4 is 11.1 Å². The fourth-order valence-electron chi connectivity index (χ4n) is 3.48. The summed E-state index contributed by atoms with van der Waals surface area (Å²) in [5.74, 6) is 0.744. The van der Waals surface area contributed by atoms with Gasteiger partial charge in [0.2, 0.25) is 0 Å². The van der Waals surface area contributed by atoms with Crippen LogP contribution in [0.1, 0.15) is 55.1 Å². The molecule has 3 N–H and O–H groups in total. The Morgan fingerprint density at radius 3 is 2.73 bits per heavy atom. The number of anilines is 1. The molecule has 2 aromatic rings. The molecule has 6 heteroatoms. The zero-order chi connectivity index (χ0) is 24.2. The van der Waals surface area contributed by atoms with Crippen molar-refractivity contribution in [1.82, 2.24) is 9.97 Å². The number of hydrogen-bond acceptors (Lipinski definition) is 6. The minimum Gasteiger partial charge on any atom is -0.404 e. The van der Waals surface area contributed by atoms with Gasteiger partial charge in [-0.3, -0.25) is 9.98 Å². The van der Waals surface area contributed by atoms with Crippen molar-refractivity contribution in [2.24, 2.45) is 10.7 Å². The number of hydrogen-bond donors (Lipinski definition) is 2. The molecule has 0 radical (unpaired) electrons. The number of nitrogens with one attached hydrogen (secondary N) is 1. The van der Waals surface area contributed by atoms with E-state index in [1.165, 1.54) is 6.20 Å². The molecule has 0 aromatic carbocycles. The van der Waals surface area contributed by atoms with Crippen LogP contribution in [0.2, 0.25) is 0 Å². The van der Waals surface area contributed by atoms with Crippen LogP contribution in [-0.2, 0) is 6.54 Å². The molecule has 0 amide bonds. The Balaban J connectivity index is 2.33. The molecule has 0 saturated heterocycles. The highest BCUT2D eigenvalue weighted by molar-refractivity contribution is 6.10. The highest BCUT2D eigenvalue weighted by atomic mass is 15.0. The van der Waals surface area contributed by atoms with Gasteiger partial charge in [0.1, 0.15) is 11.9 Å². The summed E-state index contributed by atoms with van der Waals surface area (Å²) in [4.78, 5) is 13.2. The summed E-state index contributed by atoms with van der Waals surface area (Å²) in [5, 5.41) is 13.1. The third-order valence-corrected chi connectivity index (χ3v) is 5.02. The number of nitrogens with zero attached hydrogens (tertiary/aromatic N) is 4. The Hall–Kier alpha value is -3.98. The second-order valence-electron chi connectivity index (χ2n) is 7.50. The smallest absolute Gasteiger partial charge is 0.129 e. The summed E-state index contributed by atoms with van der Waals surface area (Å²) in [7, 11) is 1.71. The number of pyridine rings is 2. The van der Waals surface area contributed by atoms with Gasteiger partial charge >= 0.3 is 0 Å². The Morgan fingerprint density at radius 1 is 1.30 bits per heavy atom. The van der Waals surface area contributed by atoms with Crippen molar-refractivity contribution in [3.63, 3.8) is 0 Å². The van der Waals surface area contributed by atoms with Crippen LogP contribution in [0.5, 0.6) is 0 Å². The van der Waals surface area contributed by atoms with Crippen molar-refractivity contribution < 1.29 is 0 Å². The molecule has 0 spiro atoms. The molecule has 0 atom stereocenters. The lowest BCUT2D eigenvalue weighted by atomic mass is 10.0. The van der Waals surface area contributed by atoms with E-state index in [-0.39, 0.29) is 0 Å². The zero-order valence-electron chi connectivity index (χ0n) is 20.1. The molecule has 0 bridgehead atoms. The zero-order valence-corrected chi connectivity index (χ0v) is 20.1. The van der Waals surface area contributed by atoms with Gasteiger partial charge in [0.25, 0.3) is 0 Å². The van der Waals surface area contributed by atoms with Crippen LogP contribution in [0.15, 0.2) is 65.6 Å². The van der Waals surface area contributed by atoms with E-state index in [9.17, 15) is 5.26 Å². The second-order valence-corrected chi connectivity index (χ2v) is 7.50. The number of rotatable bonds is 9. The molecular weight excluding hydrogens is 408 g/mol. The SMILES string of the molecule is C\C=C/C(=C\C(C)=C\CC)c1ncc(CNc2nccc(C(C=NC)=CN)c2C)cc1C#N. The summed E-state index contributed by atoms with van der Waals surface area (Å²) in [6.07, 6.45) is 15.9. The van der Waals surface area contributed by atoms with Crippen LogP contribution in [0, 0.1) is 18.3 Å². The van der Waals surface area contributed by atoms with E-state index in [1.807, 2.05) is 38.1 Å². The van der Waals surface area contributed by atoms with Crippen LogP contribution in [0.3, 0.4) is 0 Å². The predicted molar refractivity (Wildman–Crippen MR) is 139 cm³/mol. The van der Waals surface area contributed by atoms with E-state index < -0.39 is 0 Å². The third kappa shape index (κ3) is 6.75. The second kappa shape index (κ2) is 12.8. The highest BCUT2D eigenvalue weighted by Crippen LogP contribution is 2.24. The van der Waals surface area contributed by atoms with E-state index in [0.717, 1.165) is 45.6 Å². The topological polar surface area (TPSA) is 100.0 Å². The molecule has 170 valence electrons. The van der Waals surface area contributed by atoms with Gasteiger partial charge in [-0.25, -0.2) is 4.98 Å². The highest BCUT2D eigenvalue weighted by Gasteiger charge is 2.11. The first-order valence-corrected chi connectivity index (χ1v) is 10.9. The Morgan fingerprint density at radius 2 is 2.09 bits per heavy atom. The first-order chi connectivity index (χ1) is 16.0. The quantitative estimate of drug-likeness (QED) is 0.391. The molecule has 0 aliphatic rings. The average molecular weight is 441 g/mol. The Bertz CT molecular complexity index is 1160. The van der Waals surface area contributed by atoms with Crippen molar-refractivity contribution >= 4 is 23.2 Å². The molecule has 2 aromatic heterocycles. The van der Waals surface area contributed by atoms with Gasteiger partial charge < -0.3 is 11.1 Å². The van der Waals surface area contributed by atoms with E-state index in [4.69, 9.17) is 5.73 Å². The number of aromatic nitrogens is 2. The van der Waals surface area contributed by atoms with Crippen molar-refractivity contribution in [3.8, 4) is 6.07 Å². The Kier molecular flexibility index (Phi) is 9.79. The maximum atomic E-state index is 9.78. The first-order valence-electron chi connectivity index (χ1n) is 10.9. The number of nitriles is 1. The molecule has 33 heavy (non-hydrogen) atoms. The van der Waals surface area contributed by atoms with E-state index >= 15 is 0 Å². The largest absolute Gasteiger partial charge is 0.404 e. The van der Waals surface area contributed by atoms with E-state index in [2.05, 4.69) is 52.3 Å². The van der Waals surface area contributed by atoms with Crippen molar-refractivity contribution in [1.29, 1.82) is 5.26 Å². The molecule has 0 aliphatic carbocycles. The molecule has 0 aliphatic heterocycles. The average Bonchev–Trinajstić information content (AvgIpc) is 2.82. The maximum absolute atomic E-state index is 9.78. The van der Waals surface area contributed by atoms with Gasteiger partial charge in [-0.1, -0.05) is 36.8 Å². The lowest BCUT2D eigenvalue weighted by molar-refractivity contribution is 1.06. The lowest BCUT2D eigenvalue weighted by Crippen LogP contribution is -2.07. The van der Waals surface area contributed by atoms with E-state index in [1.54, 1.807) is 25.7 Å². The summed E-state index contributed by atoms with van der Waals surface area (Å²) in [5.41, 5.74) is 12.7. The van der Waals surface area contributed by atoms with Crippen LogP contribution in [-0.4, -0.2) is 23.2 Å². The summed E-state index contributed by atoms with van der Waals surface area (Å²) in [6, 6.07) is 6.09. The van der Waals surface area contributed by atoms with Crippen LogP contribution in [0.25, 0.3) is 11.1 Å². The molecular formula is C27H32N6. The van der Waals surface area contributed by atoms with Gasteiger partial charge in [0, 0.05) is 49.5 Å². The fourth-order valence-corrected chi connectivity index (χ4v) is 3.48. The predicted octanol–water partition coefficient (Wildman–Crippen LogP) is 5.58. The van der Waals surface area contributed by atoms with Gasteiger partial charge in [-0.15, -0.1) is 0 Å². The molecule has 0 unspecified atom stereocenters. The van der Waals surface area contributed by atoms with Gasteiger partial charge in [0.05, 0.1) is 11.3 Å². The third-order valence-electron chi connectivity index (χ3n) is 5.02. The minimum absolute atomic E-state index is 0.486. The minimum atomic E-state index is 0.486. The molecule has 0 fully saturated rings.